The molecule has 0 bridgehead atoms. The van der Waals surface area contributed by atoms with Gasteiger partial charge in [0.25, 0.3) is 0 Å². The molecule has 1 atom stereocenters. The molecule has 0 radical (unpaired) electrons. The maximum absolute atomic E-state index is 4.43. The second kappa shape index (κ2) is 6.69. The van der Waals surface area contributed by atoms with E-state index in [9.17, 15) is 0 Å². The van der Waals surface area contributed by atoms with E-state index >= 15 is 0 Å². The molecule has 20 heavy (non-hydrogen) atoms. The lowest BCUT2D eigenvalue weighted by atomic mass is 10.1. The van der Waals surface area contributed by atoms with Gasteiger partial charge in [0.1, 0.15) is 0 Å². The first kappa shape index (κ1) is 14.8. The van der Waals surface area contributed by atoms with Gasteiger partial charge in [0.15, 0.2) is 0 Å². The lowest BCUT2D eigenvalue weighted by Crippen LogP contribution is -2.21. The molecule has 1 aliphatic heterocycles. The third-order valence-electron chi connectivity index (χ3n) is 3.40. The van der Waals surface area contributed by atoms with Crippen LogP contribution in [0.4, 0.5) is 17.8 Å². The van der Waals surface area contributed by atoms with E-state index < -0.39 is 0 Å². The number of nitrogens with zero attached hydrogens (tertiary/aromatic N) is 5. The molecule has 2 rings (SSSR count). The zero-order chi connectivity index (χ0) is 14.5. The molecule has 0 aliphatic carbocycles. The normalized spacial score (nSPS) is 19.1. The molecule has 1 saturated heterocycles. The molecule has 0 saturated carbocycles. The van der Waals surface area contributed by atoms with Crippen molar-refractivity contribution in [1.82, 2.24) is 19.9 Å². The van der Waals surface area contributed by atoms with Gasteiger partial charge in [-0.15, -0.1) is 0 Å². The third-order valence-corrected chi connectivity index (χ3v) is 3.40. The predicted molar refractivity (Wildman–Crippen MR) is 82.4 cm³/mol. The van der Waals surface area contributed by atoms with Crippen LogP contribution in [-0.4, -0.2) is 67.2 Å². The molecule has 1 unspecified atom stereocenters. The van der Waals surface area contributed by atoms with Gasteiger partial charge in [-0.05, 0) is 32.9 Å². The van der Waals surface area contributed by atoms with Gasteiger partial charge >= 0.3 is 0 Å². The molecular formula is C13H25N7. The maximum atomic E-state index is 4.43. The molecule has 112 valence electrons. The summed E-state index contributed by atoms with van der Waals surface area (Å²) in [5.41, 5.74) is 0. The largest absolute Gasteiger partial charge is 0.354 e. The first-order chi connectivity index (χ1) is 9.58. The summed E-state index contributed by atoms with van der Waals surface area (Å²) in [6, 6.07) is 0. The standard InChI is InChI=1S/C13H25N7/c1-5-14-11-16-12(18-13(17-11)19(2)3)15-8-10-6-7-20(4)9-10/h10H,5-9H2,1-4H3,(H2,14,15,16,17,18). The van der Waals surface area contributed by atoms with Crippen molar-refractivity contribution in [3.05, 3.63) is 0 Å². The number of likely N-dealkylation sites (tertiary alicyclic amines) is 1. The lowest BCUT2D eigenvalue weighted by molar-refractivity contribution is 0.399. The Morgan fingerprint density at radius 2 is 1.90 bits per heavy atom. The molecule has 1 aromatic heterocycles. The minimum absolute atomic E-state index is 0.622. The van der Waals surface area contributed by atoms with Crippen LogP contribution in [-0.2, 0) is 0 Å². The summed E-state index contributed by atoms with van der Waals surface area (Å²) in [5.74, 6) is 2.61. The Hall–Kier alpha value is -1.63. The monoisotopic (exact) mass is 279 g/mol. The topological polar surface area (TPSA) is 69.2 Å². The van der Waals surface area contributed by atoms with Crippen molar-refractivity contribution in [1.29, 1.82) is 0 Å². The second-order valence-electron chi connectivity index (χ2n) is 5.51. The van der Waals surface area contributed by atoms with Crippen molar-refractivity contribution in [2.45, 2.75) is 13.3 Å². The number of hydrogen-bond acceptors (Lipinski definition) is 7. The lowest BCUT2D eigenvalue weighted by Gasteiger charge is -2.15. The van der Waals surface area contributed by atoms with E-state index in [0.29, 0.717) is 23.8 Å². The van der Waals surface area contributed by atoms with Crippen LogP contribution in [0, 0.1) is 5.92 Å². The number of anilines is 3. The quantitative estimate of drug-likeness (QED) is 0.795. The second-order valence-corrected chi connectivity index (χ2v) is 5.51. The molecule has 1 fully saturated rings. The van der Waals surface area contributed by atoms with Crippen LogP contribution in [0.2, 0.25) is 0 Å². The van der Waals surface area contributed by atoms with Gasteiger partial charge in [-0.25, -0.2) is 0 Å². The van der Waals surface area contributed by atoms with Crippen LogP contribution in [0.3, 0.4) is 0 Å². The average molecular weight is 279 g/mol. The van der Waals surface area contributed by atoms with Crippen molar-refractivity contribution in [3.63, 3.8) is 0 Å². The Bertz CT molecular complexity index is 435. The van der Waals surface area contributed by atoms with E-state index in [1.54, 1.807) is 0 Å². The van der Waals surface area contributed by atoms with Gasteiger partial charge in [0.2, 0.25) is 17.8 Å². The minimum Gasteiger partial charge on any atom is -0.354 e. The van der Waals surface area contributed by atoms with Gasteiger partial charge in [-0.1, -0.05) is 0 Å². The molecular weight excluding hydrogens is 254 g/mol. The van der Waals surface area contributed by atoms with Crippen molar-refractivity contribution < 1.29 is 0 Å². The van der Waals surface area contributed by atoms with Crippen LogP contribution in [0.5, 0.6) is 0 Å². The molecule has 0 spiro atoms. The number of nitrogens with one attached hydrogen (secondary N) is 2. The Balaban J connectivity index is 2.02. The molecule has 0 aromatic carbocycles. The van der Waals surface area contributed by atoms with Gasteiger partial charge in [-0.2, -0.15) is 15.0 Å². The summed E-state index contributed by atoms with van der Waals surface area (Å²) in [7, 11) is 6.03. The first-order valence-corrected chi connectivity index (χ1v) is 7.18. The number of rotatable bonds is 6. The van der Waals surface area contributed by atoms with Gasteiger partial charge < -0.3 is 20.4 Å². The Kier molecular flexibility index (Phi) is 4.94. The summed E-state index contributed by atoms with van der Waals surface area (Å²) >= 11 is 0. The van der Waals surface area contributed by atoms with E-state index in [1.165, 1.54) is 13.0 Å². The highest BCUT2D eigenvalue weighted by atomic mass is 15.3. The SMILES string of the molecule is CCNc1nc(NCC2CCN(C)C2)nc(N(C)C)n1. The van der Waals surface area contributed by atoms with E-state index in [0.717, 1.165) is 19.6 Å². The zero-order valence-corrected chi connectivity index (χ0v) is 12.8. The third kappa shape index (κ3) is 3.93. The summed E-state index contributed by atoms with van der Waals surface area (Å²) in [4.78, 5) is 17.4. The molecule has 7 nitrogen and oxygen atoms in total. The van der Waals surface area contributed by atoms with Crippen LogP contribution >= 0.6 is 0 Å². The van der Waals surface area contributed by atoms with Crippen LogP contribution in [0.25, 0.3) is 0 Å². The van der Waals surface area contributed by atoms with E-state index in [-0.39, 0.29) is 0 Å². The highest BCUT2D eigenvalue weighted by Crippen LogP contribution is 2.16. The molecule has 1 aromatic rings. The fourth-order valence-corrected chi connectivity index (χ4v) is 2.31. The molecule has 0 amide bonds. The Morgan fingerprint density at radius 3 is 2.45 bits per heavy atom. The highest BCUT2D eigenvalue weighted by molar-refractivity contribution is 5.42. The van der Waals surface area contributed by atoms with Crippen molar-refractivity contribution in [3.8, 4) is 0 Å². The van der Waals surface area contributed by atoms with Crippen LogP contribution < -0.4 is 15.5 Å². The van der Waals surface area contributed by atoms with Gasteiger partial charge in [0.05, 0.1) is 0 Å². The summed E-state index contributed by atoms with van der Waals surface area (Å²) < 4.78 is 0. The molecule has 2 heterocycles. The Morgan fingerprint density at radius 1 is 1.20 bits per heavy atom. The van der Waals surface area contributed by atoms with Crippen molar-refractivity contribution in [2.24, 2.45) is 5.92 Å². The van der Waals surface area contributed by atoms with E-state index in [1.807, 2.05) is 25.9 Å². The Labute approximate surface area is 120 Å². The zero-order valence-electron chi connectivity index (χ0n) is 12.8. The maximum Gasteiger partial charge on any atom is 0.231 e. The van der Waals surface area contributed by atoms with Crippen LogP contribution in [0.15, 0.2) is 0 Å². The highest BCUT2D eigenvalue weighted by Gasteiger charge is 2.19. The number of hydrogen-bond donors (Lipinski definition) is 2. The number of aromatic nitrogens is 3. The van der Waals surface area contributed by atoms with Crippen molar-refractivity contribution >= 4 is 17.8 Å². The smallest absolute Gasteiger partial charge is 0.231 e. The fourth-order valence-electron chi connectivity index (χ4n) is 2.31. The van der Waals surface area contributed by atoms with Crippen molar-refractivity contribution in [2.75, 3.05) is 62.9 Å². The summed E-state index contributed by atoms with van der Waals surface area (Å²) in [6.07, 6.45) is 1.23. The summed E-state index contributed by atoms with van der Waals surface area (Å²) in [5, 5.41) is 6.49. The predicted octanol–water partition coefficient (Wildman–Crippen LogP) is 0.733. The molecule has 7 heteroatoms. The molecule has 2 N–H and O–H groups in total. The van der Waals surface area contributed by atoms with Crippen LogP contribution in [0.1, 0.15) is 13.3 Å². The van der Waals surface area contributed by atoms with Gasteiger partial charge in [0, 0.05) is 33.7 Å². The van der Waals surface area contributed by atoms with E-state index in [4.69, 9.17) is 0 Å². The fraction of sp³-hybridized carbons (Fsp3) is 0.769. The minimum atomic E-state index is 0.622. The summed E-state index contributed by atoms with van der Waals surface area (Å²) in [6.45, 7) is 6.05. The van der Waals surface area contributed by atoms with Gasteiger partial charge in [-0.3, -0.25) is 0 Å². The van der Waals surface area contributed by atoms with E-state index in [2.05, 4.69) is 37.5 Å². The average Bonchev–Trinajstić information content (AvgIpc) is 2.82. The first-order valence-electron chi connectivity index (χ1n) is 7.18. The molecule has 1 aliphatic rings.